The highest BCUT2D eigenvalue weighted by Crippen LogP contribution is 2.60. The van der Waals surface area contributed by atoms with Gasteiger partial charge in [0.2, 0.25) is 5.91 Å². The fourth-order valence-corrected chi connectivity index (χ4v) is 7.04. The molecule has 1 aromatic heterocycles. The summed E-state index contributed by atoms with van der Waals surface area (Å²) in [6.07, 6.45) is 9.08. The van der Waals surface area contributed by atoms with Crippen molar-refractivity contribution in [3.05, 3.63) is 53.1 Å². The number of aromatic nitrogens is 1. The van der Waals surface area contributed by atoms with Gasteiger partial charge >= 0.3 is 5.97 Å². The van der Waals surface area contributed by atoms with Gasteiger partial charge in [-0.15, -0.1) is 0 Å². The van der Waals surface area contributed by atoms with Crippen LogP contribution in [0, 0.1) is 0 Å². The molecular formula is C29H30N2O3. The number of benzene rings is 2. The third-order valence-corrected chi connectivity index (χ3v) is 8.78. The lowest BCUT2D eigenvalue weighted by atomic mass is 9.81. The number of amides is 1. The summed E-state index contributed by atoms with van der Waals surface area (Å²) in [5.74, 6) is 0.523. The molecule has 2 fully saturated rings. The molecule has 0 N–H and O–H groups in total. The van der Waals surface area contributed by atoms with E-state index in [1.165, 1.54) is 67.0 Å². The fraction of sp³-hybridized carbons (Fsp3) is 0.448. The lowest BCUT2D eigenvalue weighted by Crippen LogP contribution is -2.34. The third kappa shape index (κ3) is 2.61. The smallest absolute Gasteiger partial charge is 0.337 e. The van der Waals surface area contributed by atoms with Crippen LogP contribution in [0.4, 0.5) is 5.69 Å². The van der Waals surface area contributed by atoms with Crippen LogP contribution in [0.2, 0.25) is 0 Å². The minimum Gasteiger partial charge on any atom is -0.465 e. The van der Waals surface area contributed by atoms with Gasteiger partial charge in [-0.3, -0.25) is 4.79 Å². The van der Waals surface area contributed by atoms with Crippen molar-refractivity contribution in [3.63, 3.8) is 0 Å². The van der Waals surface area contributed by atoms with E-state index in [1.54, 1.807) is 0 Å². The van der Waals surface area contributed by atoms with Gasteiger partial charge in [0.05, 0.1) is 29.5 Å². The molecule has 2 aliphatic heterocycles. The highest BCUT2D eigenvalue weighted by Gasteiger charge is 2.59. The van der Waals surface area contributed by atoms with E-state index in [1.807, 2.05) is 12.1 Å². The zero-order valence-electron chi connectivity index (χ0n) is 19.7. The number of carbonyl (C=O) groups is 2. The van der Waals surface area contributed by atoms with Crippen molar-refractivity contribution < 1.29 is 14.3 Å². The summed E-state index contributed by atoms with van der Waals surface area (Å²) in [7, 11) is 1.44. The Labute approximate surface area is 199 Å². The molecule has 3 aromatic rings. The minimum absolute atomic E-state index is 0.268. The number of hydrogen-bond donors (Lipinski definition) is 0. The number of ether oxygens (including phenoxy) is 1. The first-order valence-corrected chi connectivity index (χ1v) is 12.8. The van der Waals surface area contributed by atoms with Gasteiger partial charge in [0.1, 0.15) is 0 Å². The molecule has 0 atom stereocenters. The lowest BCUT2D eigenvalue weighted by molar-refractivity contribution is -0.120. The number of carbonyl (C=O) groups excluding carboxylic acids is 2. The molecule has 0 unspecified atom stereocenters. The molecule has 5 heteroatoms. The Kier molecular flexibility index (Phi) is 4.31. The van der Waals surface area contributed by atoms with Crippen molar-refractivity contribution in [1.82, 2.24) is 4.57 Å². The number of para-hydroxylation sites is 1. The van der Waals surface area contributed by atoms with Crippen LogP contribution in [0.3, 0.4) is 0 Å². The van der Waals surface area contributed by atoms with Gasteiger partial charge in [0, 0.05) is 29.6 Å². The molecule has 34 heavy (non-hydrogen) atoms. The zero-order valence-corrected chi connectivity index (χ0v) is 19.7. The van der Waals surface area contributed by atoms with Crippen LogP contribution in [0.5, 0.6) is 0 Å². The molecule has 1 amide bonds. The van der Waals surface area contributed by atoms with Crippen LogP contribution < -0.4 is 4.90 Å². The monoisotopic (exact) mass is 454 g/mol. The molecule has 1 spiro atoms. The molecule has 2 saturated carbocycles. The second-order valence-corrected chi connectivity index (χ2v) is 10.6. The first-order chi connectivity index (χ1) is 16.6. The highest BCUT2D eigenvalue weighted by atomic mass is 16.5. The van der Waals surface area contributed by atoms with E-state index in [2.05, 4.69) is 33.7 Å². The van der Waals surface area contributed by atoms with E-state index in [4.69, 9.17) is 4.74 Å². The molecular weight excluding hydrogens is 424 g/mol. The minimum atomic E-state index is -0.296. The number of esters is 1. The first-order valence-electron chi connectivity index (χ1n) is 12.8. The Morgan fingerprint density at radius 2 is 1.85 bits per heavy atom. The van der Waals surface area contributed by atoms with Gasteiger partial charge in [-0.2, -0.15) is 0 Å². The topological polar surface area (TPSA) is 51.5 Å². The standard InChI is InChI=1S/C29H30N2O3/c1-34-27(32)19-11-12-20-23(17-19)30-15-6-16-31-25-21(26(30)24(20)18-7-3-2-4-8-18)9-5-10-22(25)29(13-14-29)28(31)33/h5,9-12,17-18H,2-4,6-8,13-16H2,1H3. The van der Waals surface area contributed by atoms with Crippen molar-refractivity contribution in [3.8, 4) is 11.3 Å². The molecule has 174 valence electrons. The molecule has 3 heterocycles. The maximum absolute atomic E-state index is 13.5. The molecule has 7 rings (SSSR count). The van der Waals surface area contributed by atoms with Crippen molar-refractivity contribution in [2.24, 2.45) is 0 Å². The van der Waals surface area contributed by atoms with Crippen LogP contribution in [-0.2, 0) is 21.5 Å². The number of aryl methyl sites for hydroxylation is 1. The Morgan fingerprint density at radius 1 is 1.03 bits per heavy atom. The Bertz CT molecular complexity index is 1360. The van der Waals surface area contributed by atoms with E-state index >= 15 is 0 Å². The maximum atomic E-state index is 13.5. The van der Waals surface area contributed by atoms with Crippen molar-refractivity contribution >= 4 is 28.5 Å². The van der Waals surface area contributed by atoms with Crippen LogP contribution >= 0.6 is 0 Å². The number of fused-ring (bicyclic) bond motifs is 5. The summed E-state index contributed by atoms with van der Waals surface area (Å²) in [6.45, 7) is 1.59. The van der Waals surface area contributed by atoms with E-state index in [0.717, 1.165) is 43.6 Å². The Hall–Kier alpha value is -3.08. The summed E-state index contributed by atoms with van der Waals surface area (Å²) in [5, 5.41) is 1.26. The second kappa shape index (κ2) is 7.21. The number of methoxy groups -OCH3 is 1. The normalized spacial score (nSPS) is 20.7. The Morgan fingerprint density at radius 3 is 2.62 bits per heavy atom. The number of nitrogens with zero attached hydrogens (tertiary/aromatic N) is 2. The zero-order chi connectivity index (χ0) is 23.0. The van der Waals surface area contributed by atoms with Gasteiger partial charge in [0.15, 0.2) is 0 Å². The summed E-state index contributed by atoms with van der Waals surface area (Å²) in [6, 6.07) is 12.6. The average molecular weight is 455 g/mol. The SMILES string of the molecule is COC(=O)c1ccc2c(C3CCCCC3)c3n(c2c1)CCCN1C(=O)C2(CC2)c2cccc-3c21. The van der Waals surface area contributed by atoms with E-state index in [-0.39, 0.29) is 11.4 Å². The fourth-order valence-electron chi connectivity index (χ4n) is 7.04. The molecule has 0 bridgehead atoms. The summed E-state index contributed by atoms with van der Waals surface area (Å²) < 4.78 is 7.49. The molecule has 0 saturated heterocycles. The predicted octanol–water partition coefficient (Wildman–Crippen LogP) is 5.92. The van der Waals surface area contributed by atoms with Crippen molar-refractivity contribution in [1.29, 1.82) is 0 Å². The second-order valence-electron chi connectivity index (χ2n) is 10.6. The van der Waals surface area contributed by atoms with Gasteiger partial charge < -0.3 is 14.2 Å². The van der Waals surface area contributed by atoms with Crippen LogP contribution in [0.25, 0.3) is 22.2 Å². The molecule has 0 radical (unpaired) electrons. The molecule has 5 nitrogen and oxygen atoms in total. The van der Waals surface area contributed by atoms with Gasteiger partial charge in [-0.05, 0) is 61.3 Å². The van der Waals surface area contributed by atoms with Gasteiger partial charge in [-0.1, -0.05) is 43.5 Å². The van der Waals surface area contributed by atoms with E-state index < -0.39 is 0 Å². The number of hydrogen-bond acceptors (Lipinski definition) is 3. The summed E-state index contributed by atoms with van der Waals surface area (Å²) in [4.78, 5) is 28.0. The summed E-state index contributed by atoms with van der Waals surface area (Å²) in [5.41, 5.74) is 7.73. The quantitative estimate of drug-likeness (QED) is 0.451. The number of rotatable bonds is 2. The van der Waals surface area contributed by atoms with E-state index in [9.17, 15) is 9.59 Å². The van der Waals surface area contributed by atoms with Gasteiger partial charge in [0.25, 0.3) is 0 Å². The van der Waals surface area contributed by atoms with Crippen LogP contribution in [-0.4, -0.2) is 30.1 Å². The lowest BCUT2D eigenvalue weighted by Gasteiger charge is -2.28. The molecule has 2 aliphatic carbocycles. The largest absolute Gasteiger partial charge is 0.465 e. The van der Waals surface area contributed by atoms with Crippen molar-refractivity contribution in [2.75, 3.05) is 18.6 Å². The summed E-state index contributed by atoms with van der Waals surface area (Å²) >= 11 is 0. The van der Waals surface area contributed by atoms with Crippen LogP contribution in [0.1, 0.15) is 78.8 Å². The van der Waals surface area contributed by atoms with Gasteiger partial charge in [-0.25, -0.2) is 4.79 Å². The molecule has 2 aromatic carbocycles. The third-order valence-electron chi connectivity index (χ3n) is 8.78. The first kappa shape index (κ1) is 20.3. The average Bonchev–Trinajstić information content (AvgIpc) is 3.57. The van der Waals surface area contributed by atoms with Crippen molar-refractivity contribution in [2.45, 2.75) is 69.2 Å². The van der Waals surface area contributed by atoms with Crippen LogP contribution in [0.15, 0.2) is 36.4 Å². The highest BCUT2D eigenvalue weighted by molar-refractivity contribution is 6.14. The molecule has 4 aliphatic rings. The maximum Gasteiger partial charge on any atom is 0.337 e. The number of anilines is 1. The predicted molar refractivity (Wildman–Crippen MR) is 132 cm³/mol. The van der Waals surface area contributed by atoms with E-state index in [0.29, 0.717) is 17.4 Å². The Balaban J connectivity index is 1.55.